The Kier molecular flexibility index (Phi) is 3.80. The maximum absolute atomic E-state index is 3.45. The van der Waals surface area contributed by atoms with Gasteiger partial charge in [0.2, 0.25) is 0 Å². The average molecular weight is 219 g/mol. The molecule has 88 valence electrons. The monoisotopic (exact) mass is 219 g/mol. The molecule has 0 bridgehead atoms. The normalized spacial score (nSPS) is 22.0. The van der Waals surface area contributed by atoms with E-state index in [9.17, 15) is 0 Å². The molecule has 1 N–H and O–H groups in total. The number of benzene rings is 1. The Morgan fingerprint density at radius 1 is 1.38 bits per heavy atom. The van der Waals surface area contributed by atoms with Crippen molar-refractivity contribution in [3.05, 3.63) is 30.3 Å². The van der Waals surface area contributed by atoms with Gasteiger partial charge in [-0.25, -0.2) is 0 Å². The molecule has 3 nitrogen and oxygen atoms in total. The van der Waals surface area contributed by atoms with Gasteiger partial charge in [0.1, 0.15) is 0 Å². The summed E-state index contributed by atoms with van der Waals surface area (Å²) in [6, 6.07) is 11.2. The number of anilines is 1. The van der Waals surface area contributed by atoms with E-state index in [-0.39, 0.29) is 0 Å². The maximum atomic E-state index is 3.45. The third kappa shape index (κ3) is 2.74. The quantitative estimate of drug-likeness (QED) is 0.819. The Labute approximate surface area is 98.0 Å². The molecule has 0 amide bonds. The largest absolute Gasteiger partial charge is 0.373 e. The lowest BCUT2D eigenvalue weighted by Crippen LogP contribution is -2.53. The van der Waals surface area contributed by atoms with Gasteiger partial charge >= 0.3 is 0 Å². The number of hydrogen-bond donors (Lipinski definition) is 1. The molecule has 0 spiro atoms. The molecule has 0 aliphatic carbocycles. The third-order valence-corrected chi connectivity index (χ3v) is 3.33. The highest BCUT2D eigenvalue weighted by Gasteiger charge is 2.19. The van der Waals surface area contributed by atoms with Crippen molar-refractivity contribution in [2.24, 2.45) is 0 Å². The van der Waals surface area contributed by atoms with E-state index in [1.54, 1.807) is 0 Å². The zero-order valence-corrected chi connectivity index (χ0v) is 10.2. The summed E-state index contributed by atoms with van der Waals surface area (Å²) in [6.45, 7) is 4.43. The van der Waals surface area contributed by atoms with E-state index < -0.39 is 0 Å². The molecule has 0 aromatic heterocycles. The van der Waals surface area contributed by atoms with Gasteiger partial charge in [0.15, 0.2) is 0 Å². The minimum atomic E-state index is 0.610. The lowest BCUT2D eigenvalue weighted by molar-refractivity contribution is 0.204. The molecular formula is C13H21N3. The number of nitrogens with zero attached hydrogens (tertiary/aromatic N) is 2. The minimum absolute atomic E-state index is 0.610. The van der Waals surface area contributed by atoms with Crippen molar-refractivity contribution in [1.82, 2.24) is 10.2 Å². The van der Waals surface area contributed by atoms with Gasteiger partial charge in [0.05, 0.1) is 0 Å². The molecule has 1 aliphatic heterocycles. The van der Waals surface area contributed by atoms with Crippen molar-refractivity contribution in [3.8, 4) is 0 Å². The van der Waals surface area contributed by atoms with Crippen LogP contribution in [0.2, 0.25) is 0 Å². The Morgan fingerprint density at radius 3 is 2.81 bits per heavy atom. The van der Waals surface area contributed by atoms with Crippen LogP contribution < -0.4 is 10.2 Å². The summed E-state index contributed by atoms with van der Waals surface area (Å²) in [5.74, 6) is 0. The molecule has 1 aliphatic rings. The van der Waals surface area contributed by atoms with Crippen LogP contribution in [0.4, 0.5) is 5.69 Å². The van der Waals surface area contributed by atoms with Crippen molar-refractivity contribution < 1.29 is 0 Å². The second-order valence-electron chi connectivity index (χ2n) is 4.55. The number of hydrogen-bond acceptors (Lipinski definition) is 3. The van der Waals surface area contributed by atoms with Gasteiger partial charge in [-0.1, -0.05) is 18.2 Å². The SMILES string of the molecule is CN(CC1CNCCN1C)c1ccccc1. The van der Waals surface area contributed by atoms with E-state index in [4.69, 9.17) is 0 Å². The molecule has 0 saturated carbocycles. The molecule has 2 rings (SSSR count). The van der Waals surface area contributed by atoms with E-state index in [1.165, 1.54) is 5.69 Å². The fraction of sp³-hybridized carbons (Fsp3) is 0.538. The molecule has 1 atom stereocenters. The first-order chi connectivity index (χ1) is 7.77. The van der Waals surface area contributed by atoms with Crippen LogP contribution in [0.15, 0.2) is 30.3 Å². The fourth-order valence-corrected chi connectivity index (χ4v) is 2.17. The van der Waals surface area contributed by atoms with Gasteiger partial charge in [-0.3, -0.25) is 4.90 Å². The second-order valence-corrected chi connectivity index (χ2v) is 4.55. The van der Waals surface area contributed by atoms with E-state index in [0.29, 0.717) is 6.04 Å². The van der Waals surface area contributed by atoms with E-state index in [1.807, 2.05) is 0 Å². The summed E-state index contributed by atoms with van der Waals surface area (Å²) in [4.78, 5) is 4.77. The van der Waals surface area contributed by atoms with E-state index in [2.05, 4.69) is 59.5 Å². The highest BCUT2D eigenvalue weighted by Crippen LogP contribution is 2.12. The first kappa shape index (κ1) is 11.4. The smallest absolute Gasteiger partial charge is 0.0393 e. The Bertz CT molecular complexity index is 312. The van der Waals surface area contributed by atoms with Crippen LogP contribution in [0.3, 0.4) is 0 Å². The summed E-state index contributed by atoms with van der Waals surface area (Å²) in [5.41, 5.74) is 1.29. The van der Waals surface area contributed by atoms with Gasteiger partial charge < -0.3 is 10.2 Å². The first-order valence-electron chi connectivity index (χ1n) is 5.94. The zero-order chi connectivity index (χ0) is 11.4. The maximum Gasteiger partial charge on any atom is 0.0393 e. The summed E-state index contributed by atoms with van der Waals surface area (Å²) in [6.07, 6.45) is 0. The van der Waals surface area contributed by atoms with Gasteiger partial charge in [0.25, 0.3) is 0 Å². The van der Waals surface area contributed by atoms with Crippen molar-refractivity contribution in [3.63, 3.8) is 0 Å². The number of piperazine rings is 1. The van der Waals surface area contributed by atoms with Crippen LogP contribution in [0.5, 0.6) is 0 Å². The molecule has 1 saturated heterocycles. The van der Waals surface area contributed by atoms with E-state index >= 15 is 0 Å². The molecule has 1 unspecified atom stereocenters. The zero-order valence-electron chi connectivity index (χ0n) is 10.2. The molecule has 1 fully saturated rings. The molecular weight excluding hydrogens is 198 g/mol. The van der Waals surface area contributed by atoms with E-state index in [0.717, 1.165) is 26.2 Å². The Balaban J connectivity index is 1.94. The standard InChI is InChI=1S/C13H21N3/c1-15-9-8-14-10-13(15)11-16(2)12-6-4-3-5-7-12/h3-7,13-14H,8-11H2,1-2H3. The minimum Gasteiger partial charge on any atom is -0.373 e. The summed E-state index contributed by atoms with van der Waals surface area (Å²) in [5, 5.41) is 3.45. The molecule has 16 heavy (non-hydrogen) atoms. The average Bonchev–Trinajstić information content (AvgIpc) is 2.33. The van der Waals surface area contributed by atoms with Crippen LogP contribution in [0.25, 0.3) is 0 Å². The molecule has 1 aromatic rings. The predicted molar refractivity (Wildman–Crippen MR) is 69.0 cm³/mol. The number of nitrogens with one attached hydrogen (secondary N) is 1. The lowest BCUT2D eigenvalue weighted by atomic mass is 10.2. The third-order valence-electron chi connectivity index (χ3n) is 3.33. The van der Waals surface area contributed by atoms with Crippen LogP contribution in [0.1, 0.15) is 0 Å². The summed E-state index contributed by atoms with van der Waals surface area (Å²) in [7, 11) is 4.38. The number of para-hydroxylation sites is 1. The van der Waals surface area contributed by atoms with Crippen molar-refractivity contribution in [2.75, 3.05) is 45.2 Å². The van der Waals surface area contributed by atoms with Crippen LogP contribution in [0, 0.1) is 0 Å². The van der Waals surface area contributed by atoms with Gasteiger partial charge in [0, 0.05) is 45.0 Å². The molecule has 1 heterocycles. The van der Waals surface area contributed by atoms with Crippen LogP contribution in [-0.2, 0) is 0 Å². The van der Waals surface area contributed by atoms with Crippen LogP contribution >= 0.6 is 0 Å². The Morgan fingerprint density at radius 2 is 2.12 bits per heavy atom. The van der Waals surface area contributed by atoms with Gasteiger partial charge in [-0.05, 0) is 19.2 Å². The number of rotatable bonds is 3. The van der Waals surface area contributed by atoms with Gasteiger partial charge in [-0.2, -0.15) is 0 Å². The van der Waals surface area contributed by atoms with Crippen molar-refractivity contribution in [1.29, 1.82) is 0 Å². The summed E-state index contributed by atoms with van der Waals surface area (Å²) < 4.78 is 0. The Hall–Kier alpha value is -1.06. The van der Waals surface area contributed by atoms with Gasteiger partial charge in [-0.15, -0.1) is 0 Å². The molecule has 3 heteroatoms. The number of likely N-dealkylation sites (N-methyl/N-ethyl adjacent to an activating group) is 2. The second kappa shape index (κ2) is 5.32. The molecule has 1 aromatic carbocycles. The molecule has 0 radical (unpaired) electrons. The lowest BCUT2D eigenvalue weighted by Gasteiger charge is -2.36. The predicted octanol–water partition coefficient (Wildman–Crippen LogP) is 1.03. The van der Waals surface area contributed by atoms with Crippen molar-refractivity contribution >= 4 is 5.69 Å². The summed E-state index contributed by atoms with van der Waals surface area (Å²) >= 11 is 0. The topological polar surface area (TPSA) is 18.5 Å². The first-order valence-corrected chi connectivity index (χ1v) is 5.94. The van der Waals surface area contributed by atoms with Crippen LogP contribution in [-0.4, -0.2) is 51.2 Å². The highest BCUT2D eigenvalue weighted by molar-refractivity contribution is 5.45. The highest BCUT2D eigenvalue weighted by atomic mass is 15.2. The fourth-order valence-electron chi connectivity index (χ4n) is 2.17. The van der Waals surface area contributed by atoms with Crippen molar-refractivity contribution in [2.45, 2.75) is 6.04 Å².